The molecule has 124 valence electrons. The Bertz CT molecular complexity index is 392. The minimum absolute atomic E-state index is 0.0299. The van der Waals surface area contributed by atoms with E-state index in [1.54, 1.807) is 0 Å². The Morgan fingerprint density at radius 3 is 2.18 bits per heavy atom. The number of carbonyl (C=O) groups is 1. The second kappa shape index (κ2) is 5.81. The second-order valence-electron chi connectivity index (χ2n) is 9.02. The highest BCUT2D eigenvalue weighted by Gasteiger charge is 2.54. The van der Waals surface area contributed by atoms with Gasteiger partial charge in [-0.2, -0.15) is 0 Å². The van der Waals surface area contributed by atoms with Crippen LogP contribution >= 0.6 is 0 Å². The molecule has 0 aromatic rings. The summed E-state index contributed by atoms with van der Waals surface area (Å²) in [6.07, 6.45) is 10.5. The van der Waals surface area contributed by atoms with E-state index in [0.29, 0.717) is 11.8 Å². The monoisotopic (exact) mass is 304 g/mol. The number of likely N-dealkylation sites (tertiary alicyclic amines) is 1. The summed E-state index contributed by atoms with van der Waals surface area (Å²) < 4.78 is 0. The standard InChI is InChI=1S/C19H32N2O/c1-14(13-21-4-2-3-5-21)12-20-18(22)19-9-15-6-16(10-19)8-17(7-15)11-19/h14-17H,2-13H2,1H3,(H,20,22). The third-order valence-electron chi connectivity index (χ3n) is 6.90. The molecule has 4 saturated carbocycles. The summed E-state index contributed by atoms with van der Waals surface area (Å²) in [5.74, 6) is 3.56. The van der Waals surface area contributed by atoms with Gasteiger partial charge in [0, 0.05) is 18.5 Å². The first-order chi connectivity index (χ1) is 10.6. The molecule has 4 aliphatic carbocycles. The maximum atomic E-state index is 12.9. The zero-order chi connectivity index (χ0) is 15.2. The number of rotatable bonds is 5. The summed E-state index contributed by atoms with van der Waals surface area (Å²) in [6, 6.07) is 0. The van der Waals surface area contributed by atoms with Crippen molar-refractivity contribution in [2.45, 2.75) is 58.3 Å². The molecule has 1 unspecified atom stereocenters. The minimum atomic E-state index is 0.0299. The first kappa shape index (κ1) is 15.0. The van der Waals surface area contributed by atoms with Crippen LogP contribution < -0.4 is 5.32 Å². The molecule has 1 amide bonds. The largest absolute Gasteiger partial charge is 0.355 e. The van der Waals surface area contributed by atoms with Gasteiger partial charge in [0.25, 0.3) is 0 Å². The van der Waals surface area contributed by atoms with Crippen LogP contribution in [0.1, 0.15) is 58.3 Å². The van der Waals surface area contributed by atoms with Gasteiger partial charge in [-0.25, -0.2) is 0 Å². The van der Waals surface area contributed by atoms with Gasteiger partial charge in [-0.1, -0.05) is 6.92 Å². The Morgan fingerprint density at radius 2 is 1.64 bits per heavy atom. The summed E-state index contributed by atoms with van der Waals surface area (Å²) in [6.45, 7) is 6.83. The van der Waals surface area contributed by atoms with Crippen molar-refractivity contribution in [1.82, 2.24) is 10.2 Å². The molecule has 0 spiro atoms. The fourth-order valence-corrected chi connectivity index (χ4v) is 6.31. The van der Waals surface area contributed by atoms with E-state index in [2.05, 4.69) is 17.1 Å². The van der Waals surface area contributed by atoms with E-state index >= 15 is 0 Å². The van der Waals surface area contributed by atoms with Crippen LogP contribution in [0.3, 0.4) is 0 Å². The van der Waals surface area contributed by atoms with E-state index in [-0.39, 0.29) is 5.41 Å². The normalized spacial score (nSPS) is 41.8. The van der Waals surface area contributed by atoms with Gasteiger partial charge in [0.1, 0.15) is 0 Å². The van der Waals surface area contributed by atoms with Crippen LogP contribution in [0.15, 0.2) is 0 Å². The molecule has 0 aromatic heterocycles. The number of hydrogen-bond acceptors (Lipinski definition) is 2. The highest BCUT2D eigenvalue weighted by molar-refractivity contribution is 5.83. The van der Waals surface area contributed by atoms with Crippen molar-refractivity contribution in [2.75, 3.05) is 26.2 Å². The predicted molar refractivity (Wildman–Crippen MR) is 88.5 cm³/mol. The molecule has 0 radical (unpaired) electrons. The van der Waals surface area contributed by atoms with Crippen LogP contribution in [0.2, 0.25) is 0 Å². The summed E-state index contributed by atoms with van der Waals surface area (Å²) in [5, 5.41) is 3.35. The lowest BCUT2D eigenvalue weighted by Gasteiger charge is -2.55. The molecule has 5 fully saturated rings. The number of carbonyl (C=O) groups excluding carboxylic acids is 1. The topological polar surface area (TPSA) is 32.3 Å². The van der Waals surface area contributed by atoms with E-state index < -0.39 is 0 Å². The Balaban J connectivity index is 1.30. The fourth-order valence-electron chi connectivity index (χ4n) is 6.31. The molecule has 1 aliphatic heterocycles. The lowest BCUT2D eigenvalue weighted by atomic mass is 9.49. The lowest BCUT2D eigenvalue weighted by Crippen LogP contribution is -2.54. The summed E-state index contributed by atoms with van der Waals surface area (Å²) >= 11 is 0. The van der Waals surface area contributed by atoms with Gasteiger partial charge < -0.3 is 10.2 Å². The van der Waals surface area contributed by atoms with Crippen molar-refractivity contribution >= 4 is 5.91 Å². The molecule has 4 bridgehead atoms. The maximum Gasteiger partial charge on any atom is 0.226 e. The Labute approximate surface area is 135 Å². The van der Waals surface area contributed by atoms with Crippen molar-refractivity contribution in [1.29, 1.82) is 0 Å². The average molecular weight is 304 g/mol. The predicted octanol–water partition coefficient (Wildman–Crippen LogP) is 3.05. The molecule has 0 aromatic carbocycles. The van der Waals surface area contributed by atoms with Crippen molar-refractivity contribution in [3.63, 3.8) is 0 Å². The van der Waals surface area contributed by atoms with Crippen LogP contribution in [0.25, 0.3) is 0 Å². The molecule has 1 atom stereocenters. The Kier molecular flexibility index (Phi) is 3.96. The van der Waals surface area contributed by atoms with Gasteiger partial charge in [0.05, 0.1) is 0 Å². The average Bonchev–Trinajstić information content (AvgIpc) is 2.96. The molecular formula is C19H32N2O. The molecule has 5 rings (SSSR count). The molecule has 5 aliphatic rings. The molecule has 1 N–H and O–H groups in total. The molecule has 3 nitrogen and oxygen atoms in total. The van der Waals surface area contributed by atoms with Crippen molar-refractivity contribution in [2.24, 2.45) is 29.1 Å². The highest BCUT2D eigenvalue weighted by atomic mass is 16.2. The van der Waals surface area contributed by atoms with Gasteiger partial charge in [0.15, 0.2) is 0 Å². The summed E-state index contributed by atoms with van der Waals surface area (Å²) in [5.41, 5.74) is 0.0299. The Hall–Kier alpha value is -0.570. The van der Waals surface area contributed by atoms with Crippen LogP contribution in [0.4, 0.5) is 0 Å². The second-order valence-corrected chi connectivity index (χ2v) is 9.02. The molecular weight excluding hydrogens is 272 g/mol. The van der Waals surface area contributed by atoms with Crippen molar-refractivity contribution < 1.29 is 4.79 Å². The maximum absolute atomic E-state index is 12.9. The van der Waals surface area contributed by atoms with E-state index in [4.69, 9.17) is 0 Å². The van der Waals surface area contributed by atoms with Gasteiger partial charge >= 0.3 is 0 Å². The Morgan fingerprint density at radius 1 is 1.09 bits per heavy atom. The molecule has 1 saturated heterocycles. The van der Waals surface area contributed by atoms with Crippen molar-refractivity contribution in [3.05, 3.63) is 0 Å². The number of nitrogens with zero attached hydrogens (tertiary/aromatic N) is 1. The van der Waals surface area contributed by atoms with Gasteiger partial charge in [-0.3, -0.25) is 4.79 Å². The first-order valence-corrected chi connectivity index (χ1v) is 9.64. The third-order valence-corrected chi connectivity index (χ3v) is 6.90. The minimum Gasteiger partial charge on any atom is -0.355 e. The van der Waals surface area contributed by atoms with Gasteiger partial charge in [0.2, 0.25) is 5.91 Å². The number of nitrogens with one attached hydrogen (secondary N) is 1. The fraction of sp³-hybridized carbons (Fsp3) is 0.947. The number of hydrogen-bond donors (Lipinski definition) is 1. The summed E-state index contributed by atoms with van der Waals surface area (Å²) in [4.78, 5) is 15.5. The lowest BCUT2D eigenvalue weighted by molar-refractivity contribution is -0.146. The van der Waals surface area contributed by atoms with Crippen LogP contribution in [0, 0.1) is 29.1 Å². The van der Waals surface area contributed by atoms with Gasteiger partial charge in [-0.15, -0.1) is 0 Å². The van der Waals surface area contributed by atoms with E-state index in [0.717, 1.165) is 30.8 Å². The number of amides is 1. The first-order valence-electron chi connectivity index (χ1n) is 9.64. The zero-order valence-corrected chi connectivity index (χ0v) is 14.2. The van der Waals surface area contributed by atoms with E-state index in [9.17, 15) is 4.79 Å². The van der Waals surface area contributed by atoms with E-state index in [1.165, 1.54) is 64.5 Å². The summed E-state index contributed by atoms with van der Waals surface area (Å²) in [7, 11) is 0. The van der Waals surface area contributed by atoms with Crippen LogP contribution in [0.5, 0.6) is 0 Å². The smallest absolute Gasteiger partial charge is 0.226 e. The zero-order valence-electron chi connectivity index (χ0n) is 14.2. The van der Waals surface area contributed by atoms with E-state index in [1.807, 2.05) is 0 Å². The van der Waals surface area contributed by atoms with Crippen molar-refractivity contribution in [3.8, 4) is 0 Å². The third kappa shape index (κ3) is 2.81. The van der Waals surface area contributed by atoms with Crippen LogP contribution in [-0.4, -0.2) is 37.0 Å². The highest BCUT2D eigenvalue weighted by Crippen LogP contribution is 2.60. The molecule has 22 heavy (non-hydrogen) atoms. The molecule has 1 heterocycles. The molecule has 3 heteroatoms. The van der Waals surface area contributed by atoms with Gasteiger partial charge in [-0.05, 0) is 88.1 Å². The quantitative estimate of drug-likeness (QED) is 0.846. The van der Waals surface area contributed by atoms with Crippen LogP contribution in [-0.2, 0) is 4.79 Å². The SMILES string of the molecule is CC(CNC(=O)C12CC3CC(CC(C3)C1)C2)CN1CCCC1.